The van der Waals surface area contributed by atoms with Gasteiger partial charge in [-0.3, -0.25) is 4.79 Å². The smallest absolute Gasteiger partial charge is 0.260 e. The topological polar surface area (TPSA) is 51.2 Å². The highest BCUT2D eigenvalue weighted by Gasteiger charge is 2.25. The van der Waals surface area contributed by atoms with Crippen LogP contribution in [-0.2, 0) is 6.42 Å². The number of hydrogen-bond donors (Lipinski definition) is 0. The van der Waals surface area contributed by atoms with Crippen molar-refractivity contribution in [2.24, 2.45) is 0 Å². The maximum atomic E-state index is 12.7. The van der Waals surface area contributed by atoms with Crippen molar-refractivity contribution in [2.75, 3.05) is 47.6 Å². The second-order valence-corrected chi connectivity index (χ2v) is 7.99. The average molecular weight is 500 g/mol. The molecule has 1 aliphatic rings. The van der Waals surface area contributed by atoms with Gasteiger partial charge in [-0.15, -0.1) is 12.4 Å². The first-order valence-corrected chi connectivity index (χ1v) is 10.4. The van der Waals surface area contributed by atoms with Crippen molar-refractivity contribution in [2.45, 2.75) is 12.8 Å². The van der Waals surface area contributed by atoms with Gasteiger partial charge in [0, 0.05) is 17.6 Å². The van der Waals surface area contributed by atoms with Crippen LogP contribution in [0.1, 0.15) is 22.3 Å². The first-order chi connectivity index (χ1) is 14.0. The minimum atomic E-state index is 0. The molecule has 3 rings (SSSR count). The van der Waals surface area contributed by atoms with Gasteiger partial charge in [-0.05, 0) is 62.3 Å². The van der Waals surface area contributed by atoms with Crippen LogP contribution in [0.5, 0.6) is 17.2 Å². The number of rotatable bonds is 9. The van der Waals surface area contributed by atoms with Crippen LogP contribution in [0.3, 0.4) is 0 Å². The Morgan fingerprint density at radius 3 is 2.60 bits per heavy atom. The van der Waals surface area contributed by atoms with E-state index in [9.17, 15) is 4.79 Å². The maximum Gasteiger partial charge on any atom is 0.260 e. The largest absolute Gasteiger partial charge is 0.493 e. The summed E-state index contributed by atoms with van der Waals surface area (Å²) in [5.74, 6) is 2.18. The van der Waals surface area contributed by atoms with E-state index in [0.29, 0.717) is 24.6 Å². The average Bonchev–Trinajstić information content (AvgIpc) is 2.74. The molecule has 0 atom stereocenters. The Hall–Kier alpha value is -1.96. The van der Waals surface area contributed by atoms with Crippen molar-refractivity contribution in [3.63, 3.8) is 0 Å². The van der Waals surface area contributed by atoms with E-state index in [2.05, 4.69) is 33.9 Å². The Morgan fingerprint density at radius 2 is 1.87 bits per heavy atom. The van der Waals surface area contributed by atoms with Crippen LogP contribution in [-0.4, -0.2) is 63.3 Å². The molecule has 30 heavy (non-hydrogen) atoms. The minimum absolute atomic E-state index is 0. The molecule has 0 aliphatic carbocycles. The quantitative estimate of drug-likeness (QED) is 0.516. The summed E-state index contributed by atoms with van der Waals surface area (Å²) < 4.78 is 17.2. The summed E-state index contributed by atoms with van der Waals surface area (Å²) in [5, 5.41) is 0. The number of hydrogen-bond acceptors (Lipinski definition) is 5. The van der Waals surface area contributed by atoms with E-state index >= 15 is 0 Å². The summed E-state index contributed by atoms with van der Waals surface area (Å²) in [6.45, 7) is 2.81. The molecule has 8 heteroatoms. The van der Waals surface area contributed by atoms with Gasteiger partial charge in [0.05, 0.1) is 19.8 Å². The van der Waals surface area contributed by atoms with Crippen molar-refractivity contribution in [3.05, 3.63) is 52.0 Å². The third kappa shape index (κ3) is 6.03. The van der Waals surface area contributed by atoms with Crippen molar-refractivity contribution in [1.82, 2.24) is 9.80 Å². The third-order valence-corrected chi connectivity index (χ3v) is 5.53. The predicted octanol–water partition coefficient (Wildman–Crippen LogP) is 4.24. The normalized spacial score (nSPS) is 12.8. The molecule has 0 spiro atoms. The summed E-state index contributed by atoms with van der Waals surface area (Å²) in [4.78, 5) is 16.7. The van der Waals surface area contributed by atoms with Gasteiger partial charge in [-0.1, -0.05) is 22.0 Å². The molecule has 0 bridgehead atoms. The molecule has 2 aromatic carbocycles. The Balaban J connectivity index is 0.00000320. The van der Waals surface area contributed by atoms with Crippen molar-refractivity contribution >= 4 is 34.2 Å². The van der Waals surface area contributed by atoms with E-state index in [1.54, 1.807) is 19.1 Å². The van der Waals surface area contributed by atoms with E-state index in [4.69, 9.17) is 14.2 Å². The molecule has 2 aromatic rings. The molecule has 0 saturated heterocycles. The van der Waals surface area contributed by atoms with E-state index in [-0.39, 0.29) is 18.3 Å². The lowest BCUT2D eigenvalue weighted by atomic mass is 10.1. The van der Waals surface area contributed by atoms with E-state index in [1.807, 2.05) is 30.3 Å². The number of ether oxygens (including phenoxy) is 3. The Morgan fingerprint density at radius 1 is 1.10 bits per heavy atom. The molecule has 164 valence electrons. The molecule has 0 radical (unpaired) electrons. The van der Waals surface area contributed by atoms with Crippen LogP contribution in [0.4, 0.5) is 0 Å². The molecule has 1 heterocycles. The highest BCUT2D eigenvalue weighted by atomic mass is 79.9. The molecule has 1 aliphatic heterocycles. The fourth-order valence-electron chi connectivity index (χ4n) is 3.34. The van der Waals surface area contributed by atoms with Crippen LogP contribution in [0.15, 0.2) is 40.9 Å². The standard InChI is InChI=1S/C22H27BrN2O4.ClH/c1-24(12-9-16-5-7-20(27-2)21(13-16)28-3)10-4-11-25-15-29-19-8-6-17(23)14-18(19)22(25)26;/h5-8,13-14H,4,9-12,15H2,1-3H3;1H. The molecule has 0 saturated carbocycles. The Labute approximate surface area is 192 Å². The van der Waals surface area contributed by atoms with Crippen molar-refractivity contribution in [3.8, 4) is 17.2 Å². The summed E-state index contributed by atoms with van der Waals surface area (Å²) in [7, 11) is 5.39. The third-order valence-electron chi connectivity index (χ3n) is 5.03. The molecule has 1 amide bonds. The van der Waals surface area contributed by atoms with Crippen LogP contribution >= 0.6 is 28.3 Å². The zero-order valence-electron chi connectivity index (χ0n) is 17.5. The van der Waals surface area contributed by atoms with Crippen LogP contribution < -0.4 is 14.2 Å². The molecule has 0 unspecified atom stereocenters. The monoisotopic (exact) mass is 498 g/mol. The zero-order valence-corrected chi connectivity index (χ0v) is 19.9. The number of amides is 1. The molecule has 0 fully saturated rings. The van der Waals surface area contributed by atoms with Gasteiger partial charge in [0.25, 0.3) is 5.91 Å². The van der Waals surface area contributed by atoms with E-state index in [0.717, 1.165) is 41.9 Å². The second kappa shape index (κ2) is 11.4. The molecule has 6 nitrogen and oxygen atoms in total. The van der Waals surface area contributed by atoms with Gasteiger partial charge >= 0.3 is 0 Å². The van der Waals surface area contributed by atoms with Crippen LogP contribution in [0.25, 0.3) is 0 Å². The molecule has 0 aromatic heterocycles. The van der Waals surface area contributed by atoms with Gasteiger partial charge in [0.2, 0.25) is 0 Å². The van der Waals surface area contributed by atoms with Crippen LogP contribution in [0.2, 0.25) is 0 Å². The fourth-order valence-corrected chi connectivity index (χ4v) is 3.70. The molecule has 0 N–H and O–H groups in total. The van der Waals surface area contributed by atoms with Gasteiger partial charge in [-0.2, -0.15) is 0 Å². The number of benzene rings is 2. The number of carbonyl (C=O) groups excluding carboxylic acids is 1. The van der Waals surface area contributed by atoms with Gasteiger partial charge < -0.3 is 24.0 Å². The number of halogens is 2. The second-order valence-electron chi connectivity index (χ2n) is 7.08. The predicted molar refractivity (Wildman–Crippen MR) is 123 cm³/mol. The number of fused-ring (bicyclic) bond motifs is 1. The lowest BCUT2D eigenvalue weighted by Crippen LogP contribution is -2.40. The fraction of sp³-hybridized carbons (Fsp3) is 0.409. The number of nitrogens with zero attached hydrogens (tertiary/aromatic N) is 2. The minimum Gasteiger partial charge on any atom is -0.493 e. The highest BCUT2D eigenvalue weighted by molar-refractivity contribution is 9.10. The Bertz CT molecular complexity index is 865. The van der Waals surface area contributed by atoms with Gasteiger partial charge in [0.15, 0.2) is 18.2 Å². The van der Waals surface area contributed by atoms with Crippen molar-refractivity contribution in [1.29, 1.82) is 0 Å². The number of likely N-dealkylation sites (N-methyl/N-ethyl adjacent to an activating group) is 1. The van der Waals surface area contributed by atoms with Crippen LogP contribution in [0, 0.1) is 0 Å². The summed E-state index contributed by atoms with van der Waals surface area (Å²) >= 11 is 3.42. The zero-order chi connectivity index (χ0) is 20.8. The lowest BCUT2D eigenvalue weighted by molar-refractivity contribution is 0.0512. The summed E-state index contributed by atoms with van der Waals surface area (Å²) in [6, 6.07) is 11.6. The van der Waals surface area contributed by atoms with Gasteiger partial charge in [-0.25, -0.2) is 0 Å². The number of methoxy groups -OCH3 is 2. The summed E-state index contributed by atoms with van der Waals surface area (Å²) in [6.07, 6.45) is 1.81. The van der Waals surface area contributed by atoms with Gasteiger partial charge in [0.1, 0.15) is 5.75 Å². The van der Waals surface area contributed by atoms with E-state index < -0.39 is 0 Å². The SMILES string of the molecule is COc1ccc(CCN(C)CCCN2COc3ccc(Br)cc3C2=O)cc1OC.Cl. The van der Waals surface area contributed by atoms with Crippen molar-refractivity contribution < 1.29 is 19.0 Å². The Kier molecular flexibility index (Phi) is 9.27. The first kappa shape index (κ1) is 24.3. The molecular formula is C22H28BrClN2O4. The number of carbonyl (C=O) groups is 1. The highest BCUT2D eigenvalue weighted by Crippen LogP contribution is 2.29. The van der Waals surface area contributed by atoms with E-state index in [1.165, 1.54) is 5.56 Å². The molecular weight excluding hydrogens is 472 g/mol. The maximum absolute atomic E-state index is 12.7. The lowest BCUT2D eigenvalue weighted by Gasteiger charge is -2.29. The summed E-state index contributed by atoms with van der Waals surface area (Å²) in [5.41, 5.74) is 1.82. The first-order valence-electron chi connectivity index (χ1n) is 9.63.